The summed E-state index contributed by atoms with van der Waals surface area (Å²) in [4.78, 5) is 8.04. The Balaban J connectivity index is 1.37. The van der Waals surface area contributed by atoms with Crippen LogP contribution in [-0.4, -0.2) is 25.0 Å². The van der Waals surface area contributed by atoms with E-state index in [1.165, 1.54) is 84.2 Å². The molecular formula is C36H26S14. The van der Waals surface area contributed by atoms with Gasteiger partial charge in [-0.2, -0.15) is 0 Å². The van der Waals surface area contributed by atoms with Crippen molar-refractivity contribution < 1.29 is 0 Å². The van der Waals surface area contributed by atoms with Crippen LogP contribution in [0, 0.1) is 0 Å². The van der Waals surface area contributed by atoms with E-state index in [1.807, 2.05) is 165 Å². The van der Waals surface area contributed by atoms with Crippen LogP contribution in [0.15, 0.2) is 169 Å². The zero-order chi connectivity index (χ0) is 34.2. The highest BCUT2D eigenvalue weighted by Crippen LogP contribution is 2.64. The van der Waals surface area contributed by atoms with Gasteiger partial charge < -0.3 is 0 Å². The molecule has 8 rings (SSSR count). The van der Waals surface area contributed by atoms with E-state index in [2.05, 4.69) is 110 Å². The smallest absolute Gasteiger partial charge is 0.0657 e. The number of hydrogen-bond acceptors (Lipinski definition) is 14. The second kappa shape index (κ2) is 17.3. The highest BCUT2D eigenvalue weighted by molar-refractivity contribution is 8.41. The molecule has 0 bridgehead atoms. The molecule has 5 heterocycles. The summed E-state index contributed by atoms with van der Waals surface area (Å²) in [6, 6.07) is 26.7. The van der Waals surface area contributed by atoms with Gasteiger partial charge >= 0.3 is 0 Å². The molecule has 14 heteroatoms. The number of benzene rings is 3. The van der Waals surface area contributed by atoms with Gasteiger partial charge in [0.15, 0.2) is 0 Å². The van der Waals surface area contributed by atoms with E-state index in [0.717, 1.165) is 0 Å². The molecule has 0 fully saturated rings. The van der Waals surface area contributed by atoms with Crippen LogP contribution in [0.2, 0.25) is 0 Å². The van der Waals surface area contributed by atoms with Crippen LogP contribution in [-0.2, 0) is 0 Å². The number of allylic oxidation sites excluding steroid dienone is 5. The SMILES string of the molecule is CSC1=C(SC)SC(=CC(=C2Sc3ccccc3S2)C(=C2Sc3ccccc3S2)C(C=C2SC(SC)=C(SC)S2)=C2Sc3ccccc3S2)S1. The van der Waals surface area contributed by atoms with Crippen molar-refractivity contribution in [3.05, 3.63) is 140 Å². The zero-order valence-corrected chi connectivity index (χ0v) is 38.2. The predicted molar refractivity (Wildman–Crippen MR) is 250 cm³/mol. The standard InChI is InChI=1S/C36H26S14/c1-37-33-34(38-2)48-27(47-33)17-19(30-41-21-11-5-6-12-22(21)42-30)29(32-45-25-15-9-10-16-26(25)46-32)20(18-28-49-35(39-3)36(40-4)50-28)31-43-23-13-7-8-14-24(23)44-31/h5-18H,1-4H3. The van der Waals surface area contributed by atoms with Gasteiger partial charge in [-0.05, 0) is 73.6 Å². The van der Waals surface area contributed by atoms with Gasteiger partial charge in [0.05, 0.1) is 38.1 Å². The summed E-state index contributed by atoms with van der Waals surface area (Å²) in [7, 11) is 0. The van der Waals surface area contributed by atoms with Crippen molar-refractivity contribution >= 4 is 165 Å². The van der Waals surface area contributed by atoms with Gasteiger partial charge in [0, 0.05) is 46.1 Å². The lowest BCUT2D eigenvalue weighted by molar-refractivity contribution is 1.27. The fourth-order valence-corrected chi connectivity index (χ4v) is 22.6. The van der Waals surface area contributed by atoms with Gasteiger partial charge in [-0.3, -0.25) is 0 Å². The lowest BCUT2D eigenvalue weighted by atomic mass is 10.0. The summed E-state index contributed by atoms with van der Waals surface area (Å²) in [5.74, 6) is 0. The van der Waals surface area contributed by atoms with Gasteiger partial charge in [0.1, 0.15) is 0 Å². The molecule has 5 aliphatic rings. The first-order chi connectivity index (χ1) is 24.5. The summed E-state index contributed by atoms with van der Waals surface area (Å²) in [5, 5.41) is 0. The van der Waals surface area contributed by atoms with E-state index in [-0.39, 0.29) is 0 Å². The lowest BCUT2D eigenvalue weighted by Crippen LogP contribution is -1.98. The fraction of sp³-hybridized carbons (Fsp3) is 0.111. The molecule has 0 saturated heterocycles. The second-order valence-electron chi connectivity index (χ2n) is 10.3. The highest BCUT2D eigenvalue weighted by atomic mass is 32.3. The second-order valence-corrected chi connectivity index (χ2v) is 26.4. The fourth-order valence-electron chi connectivity index (χ4n) is 5.10. The Hall–Kier alpha value is 0.740. The first-order valence-electron chi connectivity index (χ1n) is 14.9. The number of rotatable bonds is 8. The third kappa shape index (κ3) is 8.01. The zero-order valence-electron chi connectivity index (χ0n) is 26.8. The molecule has 254 valence electrons. The minimum Gasteiger partial charge on any atom is -0.121 e. The number of fused-ring (bicyclic) bond motifs is 3. The average molecular weight is 908 g/mol. The quantitative estimate of drug-likeness (QED) is 0.211. The van der Waals surface area contributed by atoms with Crippen molar-refractivity contribution in [2.45, 2.75) is 29.4 Å². The minimum absolute atomic E-state index is 1.32. The molecule has 5 aliphatic heterocycles. The van der Waals surface area contributed by atoms with E-state index in [4.69, 9.17) is 0 Å². The molecule has 0 saturated carbocycles. The average Bonchev–Trinajstić information content (AvgIpc) is 3.98. The Morgan fingerprint density at radius 3 is 0.900 bits per heavy atom. The van der Waals surface area contributed by atoms with E-state index in [1.54, 1.807) is 0 Å². The van der Waals surface area contributed by atoms with Crippen LogP contribution in [0.25, 0.3) is 0 Å². The third-order valence-electron chi connectivity index (χ3n) is 7.32. The van der Waals surface area contributed by atoms with Crippen molar-refractivity contribution in [3.8, 4) is 0 Å². The van der Waals surface area contributed by atoms with Crippen molar-refractivity contribution in [3.63, 3.8) is 0 Å². The largest absolute Gasteiger partial charge is 0.121 e. The molecule has 0 aromatic heterocycles. The molecule has 0 amide bonds. The van der Waals surface area contributed by atoms with Gasteiger partial charge in [0.25, 0.3) is 0 Å². The summed E-state index contributed by atoms with van der Waals surface area (Å²) < 4.78 is 12.3. The number of thioether (sulfide) groups is 14. The van der Waals surface area contributed by atoms with Gasteiger partial charge in [-0.25, -0.2) is 0 Å². The van der Waals surface area contributed by atoms with E-state index >= 15 is 0 Å². The Labute approximate surface area is 354 Å². The van der Waals surface area contributed by atoms with E-state index in [9.17, 15) is 0 Å². The molecule has 0 radical (unpaired) electrons. The molecule has 50 heavy (non-hydrogen) atoms. The Morgan fingerprint density at radius 2 is 0.640 bits per heavy atom. The van der Waals surface area contributed by atoms with Crippen LogP contribution in [0.4, 0.5) is 0 Å². The Kier molecular flexibility index (Phi) is 13.0. The first-order valence-corrected chi connectivity index (χ1v) is 28.0. The number of hydrogen-bond donors (Lipinski definition) is 0. The van der Waals surface area contributed by atoms with Gasteiger partial charge in [-0.1, -0.05) is 154 Å². The van der Waals surface area contributed by atoms with Gasteiger partial charge in [0.2, 0.25) is 0 Å². The summed E-state index contributed by atoms with van der Waals surface area (Å²) >= 11 is 26.8. The molecule has 0 atom stereocenters. The van der Waals surface area contributed by atoms with Crippen LogP contribution >= 0.6 is 165 Å². The maximum absolute atomic E-state index is 2.52. The predicted octanol–water partition coefficient (Wildman–Crippen LogP) is 16.7. The van der Waals surface area contributed by atoms with Crippen LogP contribution in [0.5, 0.6) is 0 Å². The van der Waals surface area contributed by atoms with Crippen molar-refractivity contribution in [1.29, 1.82) is 0 Å². The third-order valence-corrected chi connectivity index (χ3v) is 25.2. The molecule has 0 spiro atoms. The molecule has 0 nitrogen and oxygen atoms in total. The summed E-state index contributed by atoms with van der Waals surface area (Å²) in [6.45, 7) is 0. The molecule has 3 aromatic rings. The van der Waals surface area contributed by atoms with Crippen molar-refractivity contribution in [2.75, 3.05) is 25.0 Å². The molecule has 0 aliphatic carbocycles. The van der Waals surface area contributed by atoms with Crippen LogP contribution in [0.1, 0.15) is 0 Å². The van der Waals surface area contributed by atoms with Gasteiger partial charge in [-0.15, -0.1) is 47.0 Å². The van der Waals surface area contributed by atoms with Crippen molar-refractivity contribution in [2.24, 2.45) is 0 Å². The molecule has 3 aromatic carbocycles. The van der Waals surface area contributed by atoms with Crippen LogP contribution in [0.3, 0.4) is 0 Å². The van der Waals surface area contributed by atoms with E-state index in [0.29, 0.717) is 0 Å². The summed E-state index contributed by atoms with van der Waals surface area (Å²) in [5.41, 5.74) is 3.99. The normalized spacial score (nSPS) is 18.0. The Morgan fingerprint density at radius 1 is 0.380 bits per heavy atom. The first kappa shape index (κ1) is 37.7. The maximum Gasteiger partial charge on any atom is 0.0657 e. The van der Waals surface area contributed by atoms with Crippen molar-refractivity contribution in [1.82, 2.24) is 0 Å². The monoisotopic (exact) mass is 906 g/mol. The maximum atomic E-state index is 2.52. The van der Waals surface area contributed by atoms with E-state index < -0.39 is 0 Å². The highest BCUT2D eigenvalue weighted by Gasteiger charge is 2.33. The molecular weight excluding hydrogens is 881 g/mol. The van der Waals surface area contributed by atoms with Crippen LogP contribution < -0.4 is 0 Å². The lowest BCUT2D eigenvalue weighted by Gasteiger charge is -2.19. The minimum atomic E-state index is 1.32. The molecule has 0 unspecified atom stereocenters. The Bertz CT molecular complexity index is 1880. The topological polar surface area (TPSA) is 0 Å². The summed E-state index contributed by atoms with van der Waals surface area (Å²) in [6.07, 6.45) is 13.9. The molecule has 0 N–H and O–H groups in total.